The number of hydrogen-bond donors (Lipinski definition) is 1. The van der Waals surface area contributed by atoms with Crippen LogP contribution >= 0.6 is 11.3 Å². The average Bonchev–Trinajstić information content (AvgIpc) is 3.14. The topological polar surface area (TPSA) is 76.3 Å². The maximum Gasteiger partial charge on any atom is 0.262 e. The number of fused-ring (bicyclic) bond motifs is 4. The first-order chi connectivity index (χ1) is 15.1. The smallest absolute Gasteiger partial charge is 0.262 e. The Kier molecular flexibility index (Phi) is 5.11. The van der Waals surface area contributed by atoms with Crippen molar-refractivity contribution in [2.45, 2.75) is 32.7 Å². The molecule has 0 radical (unpaired) electrons. The number of aryl methyl sites for hydroxylation is 1. The number of hydrazone groups is 1. The molecular weight excluding hydrogens is 408 g/mol. The molecule has 31 heavy (non-hydrogen) atoms. The standard InChI is InChI=1S/C24H22N4O2S/c1-15-9-10-19-20(11-15)31-23-22(19)24(30)28(14-25-23)13-21(29)27-26-12-17-7-4-6-16-5-2-3-8-18(16)17/h2-8,12,14-15H,9-11,13H2,1H3,(H,27,29)/b26-12-/t15-/m0/s1. The first-order valence-electron chi connectivity index (χ1n) is 10.4. The largest absolute Gasteiger partial charge is 0.289 e. The zero-order chi connectivity index (χ0) is 21.4. The number of carbonyl (C=O) groups is 1. The number of benzene rings is 2. The number of rotatable bonds is 4. The van der Waals surface area contributed by atoms with Gasteiger partial charge in [0, 0.05) is 10.4 Å². The maximum atomic E-state index is 13.0. The van der Waals surface area contributed by atoms with Gasteiger partial charge >= 0.3 is 0 Å². The monoisotopic (exact) mass is 430 g/mol. The lowest BCUT2D eigenvalue weighted by molar-refractivity contribution is -0.121. The highest BCUT2D eigenvalue weighted by atomic mass is 32.1. The molecule has 1 amide bonds. The molecule has 1 aliphatic rings. The summed E-state index contributed by atoms with van der Waals surface area (Å²) in [4.78, 5) is 31.9. The molecule has 0 unspecified atom stereocenters. The average molecular weight is 431 g/mol. The first-order valence-corrected chi connectivity index (χ1v) is 11.2. The molecule has 0 aliphatic heterocycles. The zero-order valence-corrected chi connectivity index (χ0v) is 18.0. The van der Waals surface area contributed by atoms with Crippen LogP contribution in [0.15, 0.2) is 58.7 Å². The van der Waals surface area contributed by atoms with Crippen LogP contribution in [0.4, 0.5) is 0 Å². The molecule has 4 aromatic rings. The van der Waals surface area contributed by atoms with Gasteiger partial charge in [-0.05, 0) is 41.5 Å². The Bertz CT molecular complexity index is 1380. The van der Waals surface area contributed by atoms with Gasteiger partial charge in [-0.25, -0.2) is 10.4 Å². The molecule has 2 heterocycles. The minimum atomic E-state index is -0.363. The van der Waals surface area contributed by atoms with Crippen molar-refractivity contribution in [3.05, 3.63) is 75.1 Å². The first kappa shape index (κ1) is 19.6. The van der Waals surface area contributed by atoms with E-state index in [0.29, 0.717) is 11.3 Å². The third-order valence-electron chi connectivity index (χ3n) is 5.81. The molecule has 1 atom stereocenters. The highest BCUT2D eigenvalue weighted by Gasteiger charge is 2.23. The molecule has 0 saturated heterocycles. The molecule has 2 aromatic heterocycles. The Labute approximate surface area is 183 Å². The third-order valence-corrected chi connectivity index (χ3v) is 6.97. The summed E-state index contributed by atoms with van der Waals surface area (Å²) in [7, 11) is 0. The van der Waals surface area contributed by atoms with E-state index < -0.39 is 0 Å². The molecule has 0 fully saturated rings. The summed E-state index contributed by atoms with van der Waals surface area (Å²) >= 11 is 1.61. The highest BCUT2D eigenvalue weighted by Crippen LogP contribution is 2.35. The van der Waals surface area contributed by atoms with E-state index in [0.717, 1.165) is 46.0 Å². The molecule has 7 heteroatoms. The fraction of sp³-hybridized carbons (Fsp3) is 0.250. The molecule has 0 saturated carbocycles. The SMILES string of the molecule is C[C@H]1CCc2c(sc3ncn(CC(=O)N/N=C\c4cccc5ccccc45)c(=O)c23)C1. The Morgan fingerprint density at radius 2 is 2.13 bits per heavy atom. The lowest BCUT2D eigenvalue weighted by Gasteiger charge is -2.17. The van der Waals surface area contributed by atoms with Crippen molar-refractivity contribution in [3.8, 4) is 0 Å². The summed E-state index contributed by atoms with van der Waals surface area (Å²) < 4.78 is 1.37. The number of nitrogens with one attached hydrogen (secondary N) is 1. The molecule has 6 nitrogen and oxygen atoms in total. The van der Waals surface area contributed by atoms with Crippen molar-refractivity contribution in [2.24, 2.45) is 11.0 Å². The highest BCUT2D eigenvalue weighted by molar-refractivity contribution is 7.18. The molecule has 0 bridgehead atoms. The minimum Gasteiger partial charge on any atom is -0.289 e. The number of hydrogen-bond acceptors (Lipinski definition) is 5. The molecule has 2 aromatic carbocycles. The van der Waals surface area contributed by atoms with Gasteiger partial charge < -0.3 is 0 Å². The number of amides is 1. The second-order valence-corrected chi connectivity index (χ2v) is 9.15. The second-order valence-electron chi connectivity index (χ2n) is 8.07. The molecule has 1 aliphatic carbocycles. The maximum absolute atomic E-state index is 13.0. The van der Waals surface area contributed by atoms with Gasteiger partial charge in [0.25, 0.3) is 11.5 Å². The lowest BCUT2D eigenvalue weighted by atomic mass is 9.89. The van der Waals surface area contributed by atoms with Gasteiger partial charge in [-0.15, -0.1) is 11.3 Å². The predicted molar refractivity (Wildman–Crippen MR) is 125 cm³/mol. The number of aromatic nitrogens is 2. The summed E-state index contributed by atoms with van der Waals surface area (Å²) in [5.41, 5.74) is 4.42. The third kappa shape index (κ3) is 3.77. The van der Waals surface area contributed by atoms with Gasteiger partial charge in [0.2, 0.25) is 0 Å². The fourth-order valence-corrected chi connectivity index (χ4v) is 5.55. The van der Waals surface area contributed by atoms with Crippen molar-refractivity contribution in [3.63, 3.8) is 0 Å². The summed E-state index contributed by atoms with van der Waals surface area (Å²) in [6, 6.07) is 13.9. The van der Waals surface area contributed by atoms with Crippen LogP contribution in [0.5, 0.6) is 0 Å². The normalized spacial score (nSPS) is 16.1. The second kappa shape index (κ2) is 8.07. The molecule has 5 rings (SSSR count). The van der Waals surface area contributed by atoms with Crippen LogP contribution in [-0.2, 0) is 24.2 Å². The Hall–Kier alpha value is -3.32. The summed E-state index contributed by atoms with van der Waals surface area (Å²) in [5, 5.41) is 6.94. The van der Waals surface area contributed by atoms with Gasteiger partial charge in [-0.3, -0.25) is 14.2 Å². The number of nitrogens with zero attached hydrogens (tertiary/aromatic N) is 3. The van der Waals surface area contributed by atoms with Crippen LogP contribution in [0.2, 0.25) is 0 Å². The molecule has 156 valence electrons. The summed E-state index contributed by atoms with van der Waals surface area (Å²) in [6.45, 7) is 2.12. The van der Waals surface area contributed by atoms with E-state index in [2.05, 4.69) is 22.4 Å². The minimum absolute atomic E-state index is 0.115. The number of thiophene rings is 1. The summed E-state index contributed by atoms with van der Waals surface area (Å²) in [5.74, 6) is 0.269. The molecule has 1 N–H and O–H groups in total. The van der Waals surface area contributed by atoms with Crippen molar-refractivity contribution >= 4 is 44.4 Å². The Balaban J connectivity index is 1.34. The fourth-order valence-electron chi connectivity index (χ4n) is 4.21. The van der Waals surface area contributed by atoms with E-state index in [4.69, 9.17) is 0 Å². The van der Waals surface area contributed by atoms with E-state index >= 15 is 0 Å². The van der Waals surface area contributed by atoms with Gasteiger partial charge in [-0.1, -0.05) is 49.4 Å². The number of carbonyl (C=O) groups excluding carboxylic acids is 1. The van der Waals surface area contributed by atoms with E-state index in [1.54, 1.807) is 17.6 Å². The summed E-state index contributed by atoms with van der Waals surface area (Å²) in [6.07, 6.45) is 6.07. The van der Waals surface area contributed by atoms with Crippen LogP contribution in [0, 0.1) is 5.92 Å². The van der Waals surface area contributed by atoms with Crippen LogP contribution in [-0.4, -0.2) is 21.7 Å². The quantitative estimate of drug-likeness (QED) is 0.394. The van der Waals surface area contributed by atoms with E-state index in [1.807, 2.05) is 42.5 Å². The van der Waals surface area contributed by atoms with E-state index in [9.17, 15) is 9.59 Å². The van der Waals surface area contributed by atoms with Crippen LogP contribution in [0.3, 0.4) is 0 Å². The van der Waals surface area contributed by atoms with Gasteiger partial charge in [-0.2, -0.15) is 5.10 Å². The van der Waals surface area contributed by atoms with Gasteiger partial charge in [0.05, 0.1) is 17.9 Å². The van der Waals surface area contributed by atoms with E-state index in [1.165, 1.54) is 15.8 Å². The predicted octanol–water partition coefficient (Wildman–Crippen LogP) is 3.89. The Morgan fingerprint density at radius 3 is 3.03 bits per heavy atom. The molecular formula is C24H22N4O2S. The zero-order valence-electron chi connectivity index (χ0n) is 17.2. The van der Waals surface area contributed by atoms with Crippen LogP contribution in [0.25, 0.3) is 21.0 Å². The van der Waals surface area contributed by atoms with Crippen LogP contribution < -0.4 is 11.0 Å². The van der Waals surface area contributed by atoms with Crippen LogP contribution in [0.1, 0.15) is 29.3 Å². The van der Waals surface area contributed by atoms with Crippen molar-refractivity contribution in [2.75, 3.05) is 0 Å². The molecule has 0 spiro atoms. The van der Waals surface area contributed by atoms with Gasteiger partial charge in [0.15, 0.2) is 0 Å². The van der Waals surface area contributed by atoms with Crippen molar-refractivity contribution < 1.29 is 4.79 Å². The van der Waals surface area contributed by atoms with Crippen molar-refractivity contribution in [1.82, 2.24) is 15.0 Å². The van der Waals surface area contributed by atoms with Crippen molar-refractivity contribution in [1.29, 1.82) is 0 Å². The van der Waals surface area contributed by atoms with Gasteiger partial charge in [0.1, 0.15) is 11.4 Å². The lowest BCUT2D eigenvalue weighted by Crippen LogP contribution is -2.30. The Morgan fingerprint density at radius 1 is 1.29 bits per heavy atom. The van der Waals surface area contributed by atoms with E-state index in [-0.39, 0.29) is 18.0 Å².